The zero-order chi connectivity index (χ0) is 16.9. The van der Waals surface area contributed by atoms with Crippen molar-refractivity contribution in [3.8, 4) is 0 Å². The first kappa shape index (κ1) is 17.1. The molecule has 24 heavy (non-hydrogen) atoms. The smallest absolute Gasteiger partial charge is 0.257 e. The lowest BCUT2D eigenvalue weighted by Crippen LogP contribution is -2.11. The lowest BCUT2D eigenvalue weighted by Gasteiger charge is -2.03. The molecule has 0 bridgehead atoms. The highest BCUT2D eigenvalue weighted by atomic mass is 32.2. The number of carbonyl (C=O) groups is 1. The van der Waals surface area contributed by atoms with Gasteiger partial charge in [0.25, 0.3) is 5.91 Å². The van der Waals surface area contributed by atoms with Crippen molar-refractivity contribution in [3.05, 3.63) is 51.5 Å². The van der Waals surface area contributed by atoms with Crippen LogP contribution < -0.4 is 5.32 Å². The molecule has 0 spiro atoms. The van der Waals surface area contributed by atoms with Crippen molar-refractivity contribution < 1.29 is 4.79 Å². The normalized spacial score (nSPS) is 10.8. The van der Waals surface area contributed by atoms with Crippen molar-refractivity contribution in [2.45, 2.75) is 30.4 Å². The Morgan fingerprint density at radius 2 is 2.04 bits per heavy atom. The van der Waals surface area contributed by atoms with Gasteiger partial charge < -0.3 is 0 Å². The van der Waals surface area contributed by atoms with E-state index >= 15 is 0 Å². The Kier molecular flexibility index (Phi) is 5.60. The number of hydrogen-bond acceptors (Lipinski definition) is 7. The number of thiazole rings is 1. The first-order valence-corrected chi connectivity index (χ1v) is 10.1. The van der Waals surface area contributed by atoms with Crippen molar-refractivity contribution in [2.24, 2.45) is 0 Å². The summed E-state index contributed by atoms with van der Waals surface area (Å²) in [5.74, 6) is 0.675. The summed E-state index contributed by atoms with van der Waals surface area (Å²) < 4.78 is 1.07. The van der Waals surface area contributed by atoms with E-state index < -0.39 is 0 Å². The van der Waals surface area contributed by atoms with Gasteiger partial charge in [-0.05, 0) is 31.0 Å². The van der Waals surface area contributed by atoms with Gasteiger partial charge in [-0.3, -0.25) is 10.1 Å². The summed E-state index contributed by atoms with van der Waals surface area (Å²) >= 11 is 4.77. The standard InChI is InChI=1S/C16H16N4OS3/c1-3-13-19-20-15(24-13)18-14(21)12-6-4-11(5-7-12)9-23-16-17-10(2)8-22-16/h4-8H,3,9H2,1-2H3,(H,18,20,21). The Bertz CT molecular complexity index is 826. The molecule has 1 aromatic carbocycles. The molecule has 1 amide bonds. The molecule has 3 rings (SSSR count). The molecule has 1 N–H and O–H groups in total. The Hall–Kier alpha value is -1.77. The molecule has 0 unspecified atom stereocenters. The summed E-state index contributed by atoms with van der Waals surface area (Å²) in [6.07, 6.45) is 0.818. The van der Waals surface area contributed by atoms with Gasteiger partial charge in [-0.2, -0.15) is 0 Å². The number of aromatic nitrogens is 3. The third-order valence-electron chi connectivity index (χ3n) is 3.17. The zero-order valence-electron chi connectivity index (χ0n) is 13.3. The van der Waals surface area contributed by atoms with E-state index in [9.17, 15) is 4.79 Å². The van der Waals surface area contributed by atoms with Gasteiger partial charge in [-0.1, -0.05) is 42.2 Å². The van der Waals surface area contributed by atoms with Gasteiger partial charge in [0.1, 0.15) is 9.35 Å². The Labute approximate surface area is 152 Å². The molecule has 0 saturated heterocycles. The maximum atomic E-state index is 12.2. The van der Waals surface area contributed by atoms with Gasteiger partial charge in [0.15, 0.2) is 0 Å². The van der Waals surface area contributed by atoms with E-state index in [0.29, 0.717) is 10.7 Å². The van der Waals surface area contributed by atoms with E-state index in [4.69, 9.17) is 0 Å². The van der Waals surface area contributed by atoms with Gasteiger partial charge in [-0.25, -0.2) is 4.98 Å². The maximum Gasteiger partial charge on any atom is 0.257 e. The average Bonchev–Trinajstić information content (AvgIpc) is 3.22. The van der Waals surface area contributed by atoms with Crippen molar-refractivity contribution in [1.29, 1.82) is 0 Å². The van der Waals surface area contributed by atoms with E-state index in [2.05, 4.69) is 20.5 Å². The van der Waals surface area contributed by atoms with Crippen LogP contribution in [0.15, 0.2) is 34.0 Å². The maximum absolute atomic E-state index is 12.2. The quantitative estimate of drug-likeness (QED) is 0.646. The largest absolute Gasteiger partial charge is 0.296 e. The molecule has 0 aliphatic heterocycles. The highest BCUT2D eigenvalue weighted by molar-refractivity contribution is 8.00. The number of benzene rings is 1. The van der Waals surface area contributed by atoms with Gasteiger partial charge in [0, 0.05) is 22.4 Å². The lowest BCUT2D eigenvalue weighted by atomic mass is 10.1. The molecule has 124 valence electrons. The predicted molar refractivity (Wildman–Crippen MR) is 100 cm³/mol. The molecule has 5 nitrogen and oxygen atoms in total. The number of nitrogens with zero attached hydrogens (tertiary/aromatic N) is 3. The molecular weight excluding hydrogens is 360 g/mol. The number of aryl methyl sites for hydroxylation is 2. The van der Waals surface area contributed by atoms with Crippen molar-refractivity contribution in [3.63, 3.8) is 0 Å². The summed E-state index contributed by atoms with van der Waals surface area (Å²) in [5, 5.41) is 14.2. The highest BCUT2D eigenvalue weighted by Gasteiger charge is 2.10. The van der Waals surface area contributed by atoms with Gasteiger partial charge in [0.05, 0.1) is 0 Å². The van der Waals surface area contributed by atoms with E-state index in [-0.39, 0.29) is 5.91 Å². The SMILES string of the molecule is CCc1nnc(NC(=O)c2ccc(CSc3nc(C)cs3)cc2)s1. The number of carbonyl (C=O) groups excluding carboxylic acids is 1. The third kappa shape index (κ3) is 4.40. The molecule has 0 saturated carbocycles. The fraction of sp³-hybridized carbons (Fsp3) is 0.250. The monoisotopic (exact) mass is 376 g/mol. The first-order chi connectivity index (χ1) is 11.6. The molecule has 2 heterocycles. The molecule has 0 radical (unpaired) electrons. The predicted octanol–water partition coefficient (Wildman–Crippen LogP) is 4.41. The van der Waals surface area contributed by atoms with Crippen molar-refractivity contribution in [1.82, 2.24) is 15.2 Å². The number of amides is 1. The summed E-state index contributed by atoms with van der Waals surface area (Å²) in [7, 11) is 0. The van der Waals surface area contributed by atoms with Crippen LogP contribution in [0.3, 0.4) is 0 Å². The number of anilines is 1. The lowest BCUT2D eigenvalue weighted by molar-refractivity contribution is 0.102. The molecule has 8 heteroatoms. The first-order valence-electron chi connectivity index (χ1n) is 7.41. The van der Waals surface area contributed by atoms with Crippen molar-refractivity contribution >= 4 is 45.5 Å². The third-order valence-corrected chi connectivity index (χ3v) is 6.36. The van der Waals surface area contributed by atoms with Crippen LogP contribution in [0.25, 0.3) is 0 Å². The topological polar surface area (TPSA) is 67.8 Å². The summed E-state index contributed by atoms with van der Waals surface area (Å²) in [4.78, 5) is 16.7. The van der Waals surface area contributed by atoms with Crippen LogP contribution in [0.2, 0.25) is 0 Å². The van der Waals surface area contributed by atoms with Crippen LogP contribution in [0.4, 0.5) is 5.13 Å². The molecule has 0 aliphatic rings. The number of thioether (sulfide) groups is 1. The van der Waals surface area contributed by atoms with E-state index in [0.717, 1.165) is 32.8 Å². The fourth-order valence-corrected chi connectivity index (χ4v) is 4.39. The molecule has 0 aliphatic carbocycles. The molecule has 0 atom stereocenters. The van der Waals surface area contributed by atoms with Crippen LogP contribution in [0.1, 0.15) is 33.5 Å². The number of nitrogens with one attached hydrogen (secondary N) is 1. The van der Waals surface area contributed by atoms with Crippen LogP contribution in [0, 0.1) is 6.92 Å². The van der Waals surface area contributed by atoms with Gasteiger partial charge in [-0.15, -0.1) is 21.5 Å². The molecule has 0 fully saturated rings. The molecule has 2 aromatic heterocycles. The van der Waals surface area contributed by atoms with Crippen LogP contribution >= 0.6 is 34.4 Å². The van der Waals surface area contributed by atoms with E-state index in [1.807, 2.05) is 43.5 Å². The second kappa shape index (κ2) is 7.87. The Morgan fingerprint density at radius 3 is 2.67 bits per heavy atom. The van der Waals surface area contributed by atoms with Crippen LogP contribution in [0.5, 0.6) is 0 Å². The van der Waals surface area contributed by atoms with Crippen LogP contribution in [-0.4, -0.2) is 21.1 Å². The second-order valence-corrected chi connectivity index (χ2v) is 8.19. The summed E-state index contributed by atoms with van der Waals surface area (Å²) in [6, 6.07) is 7.61. The second-order valence-electron chi connectivity index (χ2n) is 5.05. The molecule has 3 aromatic rings. The Morgan fingerprint density at radius 1 is 1.25 bits per heavy atom. The summed E-state index contributed by atoms with van der Waals surface area (Å²) in [6.45, 7) is 4.01. The van der Waals surface area contributed by atoms with E-state index in [1.165, 1.54) is 11.3 Å². The number of hydrogen-bond donors (Lipinski definition) is 1. The minimum Gasteiger partial charge on any atom is -0.296 e. The Balaban J connectivity index is 1.57. The van der Waals surface area contributed by atoms with Crippen molar-refractivity contribution in [2.75, 3.05) is 5.32 Å². The van der Waals surface area contributed by atoms with E-state index in [1.54, 1.807) is 23.1 Å². The van der Waals surface area contributed by atoms with Gasteiger partial charge in [0.2, 0.25) is 5.13 Å². The highest BCUT2D eigenvalue weighted by Crippen LogP contribution is 2.26. The fourth-order valence-electron chi connectivity index (χ4n) is 1.91. The van der Waals surface area contributed by atoms with Crippen LogP contribution in [-0.2, 0) is 12.2 Å². The number of rotatable bonds is 6. The minimum absolute atomic E-state index is 0.163. The molecular formula is C16H16N4OS3. The minimum atomic E-state index is -0.163. The van der Waals surface area contributed by atoms with Gasteiger partial charge >= 0.3 is 0 Å². The average molecular weight is 377 g/mol. The zero-order valence-corrected chi connectivity index (χ0v) is 15.7. The summed E-state index contributed by atoms with van der Waals surface area (Å²) in [5.41, 5.74) is 2.83.